The van der Waals surface area contributed by atoms with E-state index in [9.17, 15) is 0 Å². The fourth-order valence-electron chi connectivity index (χ4n) is 4.39. The summed E-state index contributed by atoms with van der Waals surface area (Å²) in [5, 5.41) is 5.09. The number of hydrazine groups is 1. The molecule has 5 rings (SSSR count). The van der Waals surface area contributed by atoms with Crippen LogP contribution in [-0.4, -0.2) is 31.9 Å². The van der Waals surface area contributed by atoms with Crippen molar-refractivity contribution in [2.24, 2.45) is 0 Å². The summed E-state index contributed by atoms with van der Waals surface area (Å²) in [4.78, 5) is 9.84. The Labute approximate surface area is 170 Å². The molecule has 4 nitrogen and oxygen atoms in total. The Bertz CT molecular complexity index is 1040. The van der Waals surface area contributed by atoms with Crippen LogP contribution in [0, 0.1) is 13.1 Å². The van der Waals surface area contributed by atoms with Gasteiger partial charge < -0.3 is 4.98 Å². The summed E-state index contributed by atoms with van der Waals surface area (Å²) in [7, 11) is 0. The van der Waals surface area contributed by atoms with Gasteiger partial charge in [-0.25, -0.2) is 9.99 Å². The largest absolute Gasteiger partial charge is 0.340 e. The van der Waals surface area contributed by atoms with Crippen LogP contribution in [0.5, 0.6) is 0 Å². The molecule has 2 aromatic carbocycles. The maximum absolute atomic E-state index is 5.02. The lowest BCUT2D eigenvalue weighted by molar-refractivity contribution is -0.0558. The van der Waals surface area contributed by atoms with E-state index in [-0.39, 0.29) is 5.54 Å². The molecule has 0 saturated carbocycles. The molecule has 143 valence electrons. The molecule has 5 heteroatoms. The Morgan fingerprint density at radius 1 is 1.18 bits per heavy atom. The van der Waals surface area contributed by atoms with Gasteiger partial charge in [0.1, 0.15) is 5.82 Å². The van der Waals surface area contributed by atoms with Crippen LogP contribution in [0.1, 0.15) is 43.6 Å². The smallest absolute Gasteiger partial charge is 0.129 e. The molecule has 0 bridgehead atoms. The molecular weight excluding hydrogens is 364 g/mol. The molecule has 3 aromatic rings. The minimum atomic E-state index is -0.153. The van der Waals surface area contributed by atoms with Crippen LogP contribution in [-0.2, 0) is 5.54 Å². The van der Waals surface area contributed by atoms with Crippen LogP contribution < -0.4 is 0 Å². The summed E-state index contributed by atoms with van der Waals surface area (Å²) in [6, 6.07) is 16.9. The second-order valence-corrected chi connectivity index (χ2v) is 9.25. The Morgan fingerprint density at radius 3 is 2.79 bits per heavy atom. The first kappa shape index (κ1) is 17.8. The number of aromatic amines is 1. The van der Waals surface area contributed by atoms with E-state index in [1.165, 1.54) is 16.0 Å². The number of benzene rings is 2. The summed E-state index contributed by atoms with van der Waals surface area (Å²) in [5.41, 5.74) is 4.51. The summed E-state index contributed by atoms with van der Waals surface area (Å²) in [5.74, 6) is 1.06. The van der Waals surface area contributed by atoms with Gasteiger partial charge in [-0.05, 0) is 50.8 Å². The average molecular weight is 390 g/mol. The van der Waals surface area contributed by atoms with E-state index in [4.69, 9.17) is 4.98 Å². The van der Waals surface area contributed by atoms with Crippen molar-refractivity contribution in [2.75, 3.05) is 6.54 Å². The lowest BCUT2D eigenvalue weighted by Crippen LogP contribution is -2.50. The molecule has 1 aromatic heterocycles. The molecule has 1 saturated heterocycles. The monoisotopic (exact) mass is 389 g/mol. The standard InChI is InChI=1S/C23H25N4S/c1-16-9-7-12-19-21(16)25-22(24-19)23(3)13-8-14-27(23)26-15-20(28-17(26)2)18-10-5-4-6-11-18/h4-7,9-12,17H,8,13-14H2,1-3H3,(H,24,25)/t17?,23-/m0/s1. The van der Waals surface area contributed by atoms with Gasteiger partial charge in [-0.2, -0.15) is 0 Å². The lowest BCUT2D eigenvalue weighted by atomic mass is 9.99. The quantitative estimate of drug-likeness (QED) is 0.660. The molecule has 2 atom stereocenters. The fourth-order valence-corrected chi connectivity index (χ4v) is 5.41. The minimum absolute atomic E-state index is 0.153. The van der Waals surface area contributed by atoms with Crippen molar-refractivity contribution in [3.05, 3.63) is 71.7 Å². The molecule has 0 amide bonds. The van der Waals surface area contributed by atoms with Gasteiger partial charge in [0.15, 0.2) is 0 Å². The fraction of sp³-hybridized carbons (Fsp3) is 0.348. The molecular formula is C23H25N4S. The minimum Gasteiger partial charge on any atom is -0.340 e. The van der Waals surface area contributed by atoms with Crippen LogP contribution in [0.3, 0.4) is 0 Å². The number of thioether (sulfide) groups is 1. The van der Waals surface area contributed by atoms with E-state index in [0.717, 1.165) is 36.2 Å². The van der Waals surface area contributed by atoms with Crippen molar-refractivity contribution < 1.29 is 0 Å². The zero-order valence-electron chi connectivity index (χ0n) is 16.6. The second-order valence-electron chi connectivity index (χ2n) is 7.93. The highest BCUT2D eigenvalue weighted by Gasteiger charge is 2.46. The Kier molecular flexibility index (Phi) is 4.25. The Balaban J connectivity index is 1.52. The first-order valence-corrected chi connectivity index (χ1v) is 10.8. The first-order valence-electron chi connectivity index (χ1n) is 9.94. The van der Waals surface area contributed by atoms with Gasteiger partial charge in [-0.1, -0.05) is 54.2 Å². The van der Waals surface area contributed by atoms with E-state index in [0.29, 0.717) is 5.37 Å². The van der Waals surface area contributed by atoms with Crippen LogP contribution >= 0.6 is 11.8 Å². The number of aryl methyl sites for hydroxylation is 1. The van der Waals surface area contributed by atoms with Crippen LogP contribution in [0.15, 0.2) is 48.5 Å². The second kappa shape index (κ2) is 6.68. The zero-order valence-corrected chi connectivity index (χ0v) is 17.4. The molecule has 0 aliphatic carbocycles. The van der Waals surface area contributed by atoms with Crippen molar-refractivity contribution in [3.8, 4) is 0 Å². The number of rotatable bonds is 3. The summed E-state index contributed by atoms with van der Waals surface area (Å²) < 4.78 is 0. The third kappa shape index (κ3) is 2.76. The first-order chi connectivity index (χ1) is 13.6. The number of nitrogens with zero attached hydrogens (tertiary/aromatic N) is 3. The number of hydrogen-bond acceptors (Lipinski definition) is 4. The normalized spacial score (nSPS) is 25.6. The Morgan fingerprint density at radius 2 is 2.00 bits per heavy atom. The third-order valence-electron chi connectivity index (χ3n) is 5.97. The van der Waals surface area contributed by atoms with Gasteiger partial charge in [-0.15, -0.1) is 0 Å². The number of fused-ring (bicyclic) bond motifs is 1. The third-order valence-corrected chi connectivity index (χ3v) is 7.08. The van der Waals surface area contributed by atoms with Crippen molar-refractivity contribution in [1.82, 2.24) is 20.0 Å². The molecule has 1 N–H and O–H groups in total. The molecule has 2 aliphatic rings. The summed E-state index contributed by atoms with van der Waals surface area (Å²) in [6.07, 6.45) is 5.91. The summed E-state index contributed by atoms with van der Waals surface area (Å²) in [6.45, 7) is 7.72. The van der Waals surface area contributed by atoms with Crippen LogP contribution in [0.4, 0.5) is 0 Å². The highest BCUT2D eigenvalue weighted by atomic mass is 32.2. The highest BCUT2D eigenvalue weighted by Crippen LogP contribution is 2.46. The van der Waals surface area contributed by atoms with E-state index in [2.05, 4.69) is 90.5 Å². The predicted molar refractivity (Wildman–Crippen MR) is 116 cm³/mol. The van der Waals surface area contributed by atoms with E-state index in [1.54, 1.807) is 0 Å². The number of hydrogen-bond donors (Lipinski definition) is 1. The summed E-state index contributed by atoms with van der Waals surface area (Å²) >= 11 is 1.88. The topological polar surface area (TPSA) is 35.2 Å². The van der Waals surface area contributed by atoms with Crippen LogP contribution in [0.25, 0.3) is 15.9 Å². The average Bonchev–Trinajstić information content (AvgIpc) is 3.40. The number of nitrogens with one attached hydrogen (secondary N) is 1. The van der Waals surface area contributed by atoms with Gasteiger partial charge >= 0.3 is 0 Å². The van der Waals surface area contributed by atoms with E-state index in [1.807, 2.05) is 11.8 Å². The van der Waals surface area contributed by atoms with E-state index < -0.39 is 0 Å². The van der Waals surface area contributed by atoms with Gasteiger partial charge in [0.2, 0.25) is 0 Å². The SMILES string of the molecule is Cc1cccc2[nH]c([C@]3(C)CCCN3N3[C]=C(c4ccccc4)SC3C)nc12. The Hall–Kier alpha value is -2.24. The van der Waals surface area contributed by atoms with Crippen molar-refractivity contribution in [2.45, 2.75) is 44.5 Å². The lowest BCUT2D eigenvalue weighted by Gasteiger charge is -2.41. The number of aromatic nitrogens is 2. The van der Waals surface area contributed by atoms with Gasteiger partial charge in [-0.3, -0.25) is 5.01 Å². The molecule has 2 aliphatic heterocycles. The molecule has 1 unspecified atom stereocenters. The van der Waals surface area contributed by atoms with E-state index >= 15 is 0 Å². The molecule has 3 heterocycles. The number of imidazole rings is 1. The predicted octanol–water partition coefficient (Wildman–Crippen LogP) is 5.29. The van der Waals surface area contributed by atoms with Crippen molar-refractivity contribution in [1.29, 1.82) is 0 Å². The molecule has 1 fully saturated rings. The van der Waals surface area contributed by atoms with Gasteiger partial charge in [0.25, 0.3) is 0 Å². The van der Waals surface area contributed by atoms with Crippen molar-refractivity contribution in [3.63, 3.8) is 0 Å². The van der Waals surface area contributed by atoms with Gasteiger partial charge in [0.05, 0.1) is 28.1 Å². The number of para-hydroxylation sites is 1. The molecule has 28 heavy (non-hydrogen) atoms. The maximum Gasteiger partial charge on any atom is 0.129 e. The zero-order chi connectivity index (χ0) is 19.3. The maximum atomic E-state index is 5.02. The number of H-pyrrole nitrogens is 1. The highest BCUT2D eigenvalue weighted by molar-refractivity contribution is 8.09. The van der Waals surface area contributed by atoms with Crippen LogP contribution in [0.2, 0.25) is 0 Å². The molecule has 0 spiro atoms. The van der Waals surface area contributed by atoms with Crippen molar-refractivity contribution >= 4 is 27.7 Å². The molecule has 1 radical (unpaired) electrons. The van der Waals surface area contributed by atoms with Gasteiger partial charge in [0, 0.05) is 11.4 Å².